The van der Waals surface area contributed by atoms with E-state index < -0.39 is 0 Å². The molecule has 0 spiro atoms. The molecule has 0 bridgehead atoms. The predicted molar refractivity (Wildman–Crippen MR) is 105 cm³/mol. The summed E-state index contributed by atoms with van der Waals surface area (Å²) in [6.45, 7) is 3.61. The van der Waals surface area contributed by atoms with Crippen LogP contribution in [0.15, 0.2) is 60.7 Å². The highest BCUT2D eigenvalue weighted by Gasteiger charge is 2.28. The second-order valence-corrected chi connectivity index (χ2v) is 6.55. The molecule has 0 N–H and O–H groups in total. The van der Waals surface area contributed by atoms with Crippen LogP contribution in [0.2, 0.25) is 0 Å². The maximum atomic E-state index is 13.0. The zero-order valence-electron chi connectivity index (χ0n) is 16.1. The molecule has 0 aliphatic heterocycles. The minimum Gasteiger partial charge on any atom is -0.283 e. The third-order valence-electron chi connectivity index (χ3n) is 4.60. The van der Waals surface area contributed by atoms with Crippen molar-refractivity contribution in [1.29, 1.82) is 0 Å². The molecule has 0 heterocycles. The summed E-state index contributed by atoms with van der Waals surface area (Å²) in [6.07, 6.45) is 2.89. The van der Waals surface area contributed by atoms with Crippen LogP contribution in [0.1, 0.15) is 37.3 Å². The first-order chi connectivity index (χ1) is 12.7. The van der Waals surface area contributed by atoms with Gasteiger partial charge in [0.05, 0.1) is 13.2 Å². The van der Waals surface area contributed by atoms with Gasteiger partial charge in [-0.15, -0.1) is 0 Å². The molecule has 2 aromatic rings. The van der Waals surface area contributed by atoms with Crippen LogP contribution in [-0.4, -0.2) is 36.1 Å². The molecular weight excluding hydrogens is 324 g/mol. The number of unbranched alkanes of at least 4 members (excludes halogenated alkanes) is 1. The Kier molecular flexibility index (Phi) is 8.32. The number of benzene rings is 2. The number of likely N-dealkylation sites (N-methyl/N-ethyl adjacent to an activating group) is 1. The zero-order valence-corrected chi connectivity index (χ0v) is 16.1. The van der Waals surface area contributed by atoms with Crippen LogP contribution in [0.3, 0.4) is 0 Å². The zero-order chi connectivity index (χ0) is 18.8. The lowest BCUT2D eigenvalue weighted by Crippen LogP contribution is -2.46. The minimum atomic E-state index is -0.208. The molecule has 1 unspecified atom stereocenters. The van der Waals surface area contributed by atoms with Gasteiger partial charge in [0.1, 0.15) is 0 Å². The van der Waals surface area contributed by atoms with Gasteiger partial charge < -0.3 is 0 Å². The Labute approximate surface area is 157 Å². The van der Waals surface area contributed by atoms with Crippen LogP contribution in [0.25, 0.3) is 0 Å². The van der Waals surface area contributed by atoms with Crippen molar-refractivity contribution in [2.75, 3.05) is 14.2 Å². The monoisotopic (exact) mass is 354 g/mol. The van der Waals surface area contributed by atoms with Crippen molar-refractivity contribution in [2.24, 2.45) is 0 Å². The molecule has 140 valence electrons. The Morgan fingerprint density at radius 2 is 1.46 bits per heavy atom. The summed E-state index contributed by atoms with van der Waals surface area (Å²) in [4.78, 5) is 20.4. The number of amides is 1. The Bertz CT molecular complexity index is 604. The van der Waals surface area contributed by atoms with Gasteiger partial charge in [-0.3, -0.25) is 14.5 Å². The van der Waals surface area contributed by atoms with Crippen LogP contribution in [0, 0.1) is 0 Å². The topological polar surface area (TPSA) is 32.8 Å². The van der Waals surface area contributed by atoms with Gasteiger partial charge in [0.15, 0.2) is 0 Å². The molecule has 0 aliphatic carbocycles. The summed E-state index contributed by atoms with van der Waals surface area (Å²) < 4.78 is 0. The molecule has 0 aliphatic rings. The molecule has 1 amide bonds. The fraction of sp³-hybridized carbons (Fsp3) is 0.409. The SMILES string of the molecule is CCCCC(C(=O)N(C)OC)N(Cc1ccccc1)Cc1ccccc1. The number of hydrogen-bond donors (Lipinski definition) is 0. The summed E-state index contributed by atoms with van der Waals surface area (Å²) in [6, 6.07) is 20.4. The van der Waals surface area contributed by atoms with E-state index in [4.69, 9.17) is 4.84 Å². The summed E-state index contributed by atoms with van der Waals surface area (Å²) >= 11 is 0. The van der Waals surface area contributed by atoms with Gasteiger partial charge in [0.25, 0.3) is 5.91 Å². The standard InChI is InChI=1S/C22H30N2O2/c1-4-5-16-21(22(25)23(2)26-3)24(17-19-12-8-6-9-13-19)18-20-14-10-7-11-15-20/h6-15,21H,4-5,16-18H2,1-3H3. The van der Waals surface area contributed by atoms with E-state index in [0.29, 0.717) is 0 Å². The van der Waals surface area contributed by atoms with E-state index in [2.05, 4.69) is 36.1 Å². The molecule has 4 heteroatoms. The van der Waals surface area contributed by atoms with Crippen molar-refractivity contribution >= 4 is 5.91 Å². The molecule has 0 aromatic heterocycles. The van der Waals surface area contributed by atoms with E-state index in [0.717, 1.165) is 32.4 Å². The molecule has 2 aromatic carbocycles. The summed E-state index contributed by atoms with van der Waals surface area (Å²) in [5.41, 5.74) is 2.41. The number of carbonyl (C=O) groups excluding carboxylic acids is 1. The van der Waals surface area contributed by atoms with E-state index in [1.165, 1.54) is 23.3 Å². The third-order valence-corrected chi connectivity index (χ3v) is 4.60. The van der Waals surface area contributed by atoms with Crippen molar-refractivity contribution in [3.63, 3.8) is 0 Å². The first kappa shape index (κ1) is 20.1. The number of hydrogen-bond acceptors (Lipinski definition) is 3. The highest BCUT2D eigenvalue weighted by Crippen LogP contribution is 2.19. The van der Waals surface area contributed by atoms with Crippen LogP contribution >= 0.6 is 0 Å². The van der Waals surface area contributed by atoms with Crippen molar-refractivity contribution in [3.05, 3.63) is 71.8 Å². The second kappa shape index (κ2) is 10.7. The van der Waals surface area contributed by atoms with E-state index >= 15 is 0 Å². The lowest BCUT2D eigenvalue weighted by atomic mass is 10.0. The maximum Gasteiger partial charge on any atom is 0.263 e. The van der Waals surface area contributed by atoms with Gasteiger partial charge in [0, 0.05) is 20.1 Å². The van der Waals surface area contributed by atoms with Gasteiger partial charge in [-0.1, -0.05) is 80.4 Å². The Hall–Kier alpha value is -2.17. The van der Waals surface area contributed by atoms with Crippen LogP contribution in [-0.2, 0) is 22.7 Å². The van der Waals surface area contributed by atoms with Gasteiger partial charge in [0.2, 0.25) is 0 Å². The summed E-state index contributed by atoms with van der Waals surface area (Å²) in [5.74, 6) is 0.00723. The van der Waals surface area contributed by atoms with Crippen molar-refractivity contribution in [3.8, 4) is 0 Å². The average molecular weight is 354 g/mol. The fourth-order valence-electron chi connectivity index (χ4n) is 3.07. The van der Waals surface area contributed by atoms with Crippen LogP contribution in [0.5, 0.6) is 0 Å². The van der Waals surface area contributed by atoms with Crippen LogP contribution in [0.4, 0.5) is 0 Å². The fourth-order valence-corrected chi connectivity index (χ4v) is 3.07. The molecular formula is C22H30N2O2. The van der Waals surface area contributed by atoms with Crippen molar-refractivity contribution in [2.45, 2.75) is 45.3 Å². The van der Waals surface area contributed by atoms with Crippen LogP contribution < -0.4 is 0 Å². The maximum absolute atomic E-state index is 13.0. The van der Waals surface area contributed by atoms with E-state index in [-0.39, 0.29) is 11.9 Å². The highest BCUT2D eigenvalue weighted by molar-refractivity contribution is 5.80. The summed E-state index contributed by atoms with van der Waals surface area (Å²) in [7, 11) is 3.22. The molecule has 26 heavy (non-hydrogen) atoms. The van der Waals surface area contributed by atoms with E-state index in [1.807, 2.05) is 36.4 Å². The number of hydroxylamine groups is 2. The molecule has 0 saturated heterocycles. The lowest BCUT2D eigenvalue weighted by Gasteiger charge is -2.33. The molecule has 1 atom stereocenters. The normalized spacial score (nSPS) is 12.2. The number of carbonyl (C=O) groups is 1. The number of rotatable bonds is 10. The quantitative estimate of drug-likeness (QED) is 0.598. The molecule has 4 nitrogen and oxygen atoms in total. The minimum absolute atomic E-state index is 0.00723. The van der Waals surface area contributed by atoms with E-state index in [9.17, 15) is 4.79 Å². The number of nitrogens with zero attached hydrogens (tertiary/aromatic N) is 2. The molecule has 0 radical (unpaired) electrons. The van der Waals surface area contributed by atoms with Gasteiger partial charge in [-0.2, -0.15) is 0 Å². The van der Waals surface area contributed by atoms with Gasteiger partial charge >= 0.3 is 0 Å². The third kappa shape index (κ3) is 5.97. The molecule has 0 saturated carbocycles. The van der Waals surface area contributed by atoms with Crippen molar-refractivity contribution < 1.29 is 9.63 Å². The Balaban J connectivity index is 2.28. The first-order valence-electron chi connectivity index (χ1n) is 9.29. The van der Waals surface area contributed by atoms with Gasteiger partial charge in [-0.25, -0.2) is 5.06 Å². The average Bonchev–Trinajstić information content (AvgIpc) is 2.69. The van der Waals surface area contributed by atoms with Crippen molar-refractivity contribution in [1.82, 2.24) is 9.96 Å². The second-order valence-electron chi connectivity index (χ2n) is 6.55. The Morgan fingerprint density at radius 3 is 1.88 bits per heavy atom. The lowest BCUT2D eigenvalue weighted by molar-refractivity contribution is -0.175. The smallest absolute Gasteiger partial charge is 0.263 e. The Morgan fingerprint density at radius 1 is 0.962 bits per heavy atom. The predicted octanol–water partition coefficient (Wildman–Crippen LogP) is 4.27. The molecule has 2 rings (SSSR count). The highest BCUT2D eigenvalue weighted by atomic mass is 16.7. The summed E-state index contributed by atoms with van der Waals surface area (Å²) in [5, 5.41) is 1.35. The first-order valence-corrected chi connectivity index (χ1v) is 9.29. The molecule has 0 fully saturated rings. The largest absolute Gasteiger partial charge is 0.283 e. The van der Waals surface area contributed by atoms with E-state index in [1.54, 1.807) is 7.05 Å². The van der Waals surface area contributed by atoms with Gasteiger partial charge in [-0.05, 0) is 17.5 Å².